The number of H-pyrrole nitrogens is 1. The SMILES string of the molecule is COC(=O)C1CCC(NC(=O)c2cc(C)[nH]n2)CC1. The molecule has 19 heavy (non-hydrogen) atoms. The summed E-state index contributed by atoms with van der Waals surface area (Å²) in [7, 11) is 1.41. The van der Waals surface area contributed by atoms with Crippen molar-refractivity contribution in [3.05, 3.63) is 17.5 Å². The second-order valence-electron chi connectivity index (χ2n) is 4.98. The minimum Gasteiger partial charge on any atom is -0.469 e. The van der Waals surface area contributed by atoms with E-state index in [9.17, 15) is 9.59 Å². The maximum absolute atomic E-state index is 11.9. The molecule has 0 radical (unpaired) electrons. The number of hydrogen-bond acceptors (Lipinski definition) is 4. The van der Waals surface area contributed by atoms with Crippen molar-refractivity contribution in [2.24, 2.45) is 5.92 Å². The summed E-state index contributed by atoms with van der Waals surface area (Å²) in [5, 5.41) is 9.62. The zero-order valence-corrected chi connectivity index (χ0v) is 11.2. The van der Waals surface area contributed by atoms with E-state index in [1.165, 1.54) is 7.11 Å². The molecule has 1 fully saturated rings. The number of rotatable bonds is 3. The number of aromatic amines is 1. The highest BCUT2D eigenvalue weighted by atomic mass is 16.5. The highest BCUT2D eigenvalue weighted by Gasteiger charge is 2.28. The van der Waals surface area contributed by atoms with Crippen LogP contribution in [0.15, 0.2) is 6.07 Å². The van der Waals surface area contributed by atoms with Crippen molar-refractivity contribution in [2.75, 3.05) is 7.11 Å². The van der Waals surface area contributed by atoms with Gasteiger partial charge in [-0.3, -0.25) is 14.7 Å². The quantitative estimate of drug-likeness (QED) is 0.804. The van der Waals surface area contributed by atoms with E-state index < -0.39 is 0 Å². The van der Waals surface area contributed by atoms with Gasteiger partial charge >= 0.3 is 5.97 Å². The van der Waals surface area contributed by atoms with Gasteiger partial charge in [-0.2, -0.15) is 5.10 Å². The summed E-state index contributed by atoms with van der Waals surface area (Å²) >= 11 is 0. The molecule has 1 heterocycles. The lowest BCUT2D eigenvalue weighted by Gasteiger charge is -2.27. The number of carbonyl (C=O) groups is 2. The number of nitrogens with one attached hydrogen (secondary N) is 2. The fourth-order valence-electron chi connectivity index (χ4n) is 2.43. The summed E-state index contributed by atoms with van der Waals surface area (Å²) in [6.07, 6.45) is 3.12. The lowest BCUT2D eigenvalue weighted by molar-refractivity contribution is -0.146. The molecule has 1 aromatic rings. The Kier molecular flexibility index (Phi) is 4.19. The van der Waals surface area contributed by atoms with Crippen molar-refractivity contribution >= 4 is 11.9 Å². The molecule has 1 aliphatic carbocycles. The molecular weight excluding hydrogens is 246 g/mol. The second-order valence-corrected chi connectivity index (χ2v) is 4.98. The Bertz CT molecular complexity index is 461. The monoisotopic (exact) mass is 265 g/mol. The van der Waals surface area contributed by atoms with Gasteiger partial charge in [-0.25, -0.2) is 0 Å². The standard InChI is InChI=1S/C13H19N3O3/c1-8-7-11(16-15-8)12(17)14-10-5-3-9(4-6-10)13(18)19-2/h7,9-10H,3-6H2,1-2H3,(H,14,17)(H,15,16). The summed E-state index contributed by atoms with van der Waals surface area (Å²) in [6, 6.07) is 1.83. The highest BCUT2D eigenvalue weighted by Crippen LogP contribution is 2.25. The first-order valence-electron chi connectivity index (χ1n) is 6.51. The third-order valence-corrected chi connectivity index (χ3v) is 3.54. The molecule has 0 aliphatic heterocycles. The van der Waals surface area contributed by atoms with Gasteiger partial charge in [0.15, 0.2) is 0 Å². The molecule has 6 nitrogen and oxygen atoms in total. The maximum Gasteiger partial charge on any atom is 0.308 e. The topological polar surface area (TPSA) is 84.1 Å². The normalized spacial score (nSPS) is 22.8. The zero-order valence-electron chi connectivity index (χ0n) is 11.2. The minimum absolute atomic E-state index is 0.0224. The van der Waals surface area contributed by atoms with E-state index in [0.717, 1.165) is 31.4 Å². The zero-order chi connectivity index (χ0) is 13.8. The Labute approximate surface area is 111 Å². The van der Waals surface area contributed by atoms with Gasteiger partial charge in [0.2, 0.25) is 0 Å². The summed E-state index contributed by atoms with van der Waals surface area (Å²) in [4.78, 5) is 23.3. The molecule has 0 aromatic carbocycles. The van der Waals surface area contributed by atoms with Crippen molar-refractivity contribution in [2.45, 2.75) is 38.6 Å². The second kappa shape index (κ2) is 5.86. The summed E-state index contributed by atoms with van der Waals surface area (Å²) in [5.41, 5.74) is 1.27. The van der Waals surface area contributed by atoms with Crippen molar-refractivity contribution in [1.82, 2.24) is 15.5 Å². The highest BCUT2D eigenvalue weighted by molar-refractivity contribution is 5.92. The van der Waals surface area contributed by atoms with Crippen LogP contribution in [0.3, 0.4) is 0 Å². The summed E-state index contributed by atoms with van der Waals surface area (Å²) < 4.78 is 4.74. The van der Waals surface area contributed by atoms with Crippen LogP contribution in [0.1, 0.15) is 41.9 Å². The van der Waals surface area contributed by atoms with Gasteiger partial charge in [0.25, 0.3) is 5.91 Å². The van der Waals surface area contributed by atoms with Crippen molar-refractivity contribution < 1.29 is 14.3 Å². The van der Waals surface area contributed by atoms with Crippen LogP contribution in [0, 0.1) is 12.8 Å². The third-order valence-electron chi connectivity index (χ3n) is 3.54. The van der Waals surface area contributed by atoms with E-state index >= 15 is 0 Å². The molecule has 0 atom stereocenters. The van der Waals surface area contributed by atoms with Crippen molar-refractivity contribution in [3.63, 3.8) is 0 Å². The van der Waals surface area contributed by atoms with E-state index in [0.29, 0.717) is 5.69 Å². The lowest BCUT2D eigenvalue weighted by atomic mass is 9.86. The summed E-state index contributed by atoms with van der Waals surface area (Å²) in [6.45, 7) is 1.85. The number of methoxy groups -OCH3 is 1. The first-order chi connectivity index (χ1) is 9.10. The van der Waals surface area contributed by atoms with Gasteiger partial charge in [-0.05, 0) is 38.7 Å². The predicted molar refractivity (Wildman–Crippen MR) is 68.6 cm³/mol. The van der Waals surface area contributed by atoms with Crippen LogP contribution >= 0.6 is 0 Å². The number of aryl methyl sites for hydroxylation is 1. The molecule has 0 unspecified atom stereocenters. The lowest BCUT2D eigenvalue weighted by Crippen LogP contribution is -2.39. The molecule has 104 valence electrons. The van der Waals surface area contributed by atoms with Crippen LogP contribution in [-0.4, -0.2) is 35.2 Å². The molecule has 0 spiro atoms. The van der Waals surface area contributed by atoms with E-state index in [-0.39, 0.29) is 23.8 Å². The molecule has 1 saturated carbocycles. The Morgan fingerprint density at radius 3 is 2.58 bits per heavy atom. The maximum atomic E-state index is 11.9. The number of aromatic nitrogens is 2. The molecule has 0 saturated heterocycles. The Balaban J connectivity index is 1.82. The molecule has 1 aliphatic rings. The molecule has 0 bridgehead atoms. The van der Waals surface area contributed by atoms with Crippen LogP contribution in [0.4, 0.5) is 0 Å². The molecule has 1 amide bonds. The minimum atomic E-state index is -0.161. The first kappa shape index (κ1) is 13.6. The number of ether oxygens (including phenoxy) is 1. The number of esters is 1. The number of amides is 1. The first-order valence-corrected chi connectivity index (χ1v) is 6.51. The smallest absolute Gasteiger partial charge is 0.308 e. The summed E-state index contributed by atoms with van der Waals surface area (Å²) in [5.74, 6) is -0.329. The molecule has 6 heteroatoms. The number of carbonyl (C=O) groups excluding carboxylic acids is 2. The van der Waals surface area contributed by atoms with E-state index in [2.05, 4.69) is 15.5 Å². The Hall–Kier alpha value is -1.85. The van der Waals surface area contributed by atoms with E-state index in [1.54, 1.807) is 6.07 Å². The van der Waals surface area contributed by atoms with Gasteiger partial charge in [-0.1, -0.05) is 0 Å². The fourth-order valence-corrected chi connectivity index (χ4v) is 2.43. The van der Waals surface area contributed by atoms with Gasteiger partial charge in [0.05, 0.1) is 13.0 Å². The van der Waals surface area contributed by atoms with Crippen LogP contribution < -0.4 is 5.32 Å². The molecule has 2 N–H and O–H groups in total. The van der Waals surface area contributed by atoms with Crippen molar-refractivity contribution in [3.8, 4) is 0 Å². The van der Waals surface area contributed by atoms with Crippen LogP contribution in [0.25, 0.3) is 0 Å². The van der Waals surface area contributed by atoms with Crippen LogP contribution in [0.2, 0.25) is 0 Å². The third kappa shape index (κ3) is 3.33. The average molecular weight is 265 g/mol. The van der Waals surface area contributed by atoms with E-state index in [1.807, 2.05) is 6.92 Å². The Morgan fingerprint density at radius 2 is 2.05 bits per heavy atom. The number of hydrogen-bond donors (Lipinski definition) is 2. The molecule has 1 aromatic heterocycles. The van der Waals surface area contributed by atoms with Crippen LogP contribution in [-0.2, 0) is 9.53 Å². The largest absolute Gasteiger partial charge is 0.469 e. The Morgan fingerprint density at radius 1 is 1.37 bits per heavy atom. The van der Waals surface area contributed by atoms with E-state index in [4.69, 9.17) is 4.74 Å². The fraction of sp³-hybridized carbons (Fsp3) is 0.615. The van der Waals surface area contributed by atoms with Gasteiger partial charge < -0.3 is 10.1 Å². The average Bonchev–Trinajstić information content (AvgIpc) is 2.85. The van der Waals surface area contributed by atoms with Crippen LogP contribution in [0.5, 0.6) is 0 Å². The number of nitrogens with zero attached hydrogens (tertiary/aromatic N) is 1. The van der Waals surface area contributed by atoms with Gasteiger partial charge in [-0.15, -0.1) is 0 Å². The molecule has 2 rings (SSSR count). The van der Waals surface area contributed by atoms with Gasteiger partial charge in [0, 0.05) is 11.7 Å². The van der Waals surface area contributed by atoms with Gasteiger partial charge in [0.1, 0.15) is 5.69 Å². The predicted octanol–water partition coefficient (Wildman–Crippen LogP) is 1.18. The van der Waals surface area contributed by atoms with Crippen molar-refractivity contribution in [1.29, 1.82) is 0 Å². The molecular formula is C13H19N3O3.